The highest BCUT2D eigenvalue weighted by atomic mass is 28.3. The van der Waals surface area contributed by atoms with Gasteiger partial charge in [-0.05, 0) is 94.0 Å². The molecule has 0 fully saturated rings. The Morgan fingerprint density at radius 3 is 1.97 bits per heavy atom. The fourth-order valence-corrected chi connectivity index (χ4v) is 11.8. The molecule has 0 amide bonds. The fourth-order valence-electron chi connectivity index (χ4n) is 8.90. The van der Waals surface area contributed by atoms with E-state index in [0.717, 1.165) is 44.4 Å². The van der Waals surface area contributed by atoms with E-state index >= 15 is 0 Å². The van der Waals surface area contributed by atoms with Crippen molar-refractivity contribution < 1.29 is 0 Å². The average Bonchev–Trinajstić information content (AvgIpc) is 3.69. The highest BCUT2D eigenvalue weighted by molar-refractivity contribution is 6.74. The normalized spacial score (nSPS) is 18.4. The molecule has 0 saturated heterocycles. The molecule has 1 aliphatic heterocycles. The summed E-state index contributed by atoms with van der Waals surface area (Å²) in [4.78, 5) is 2.10. The number of allylic oxidation sites excluding steroid dienone is 8. The van der Waals surface area contributed by atoms with E-state index in [-0.39, 0.29) is 5.41 Å². The van der Waals surface area contributed by atoms with E-state index in [1.54, 1.807) is 0 Å². The summed E-state index contributed by atoms with van der Waals surface area (Å²) in [7, 11) is -4.67. The lowest BCUT2D eigenvalue weighted by Crippen LogP contribution is -2.42. The van der Waals surface area contributed by atoms with Crippen LogP contribution in [0.25, 0.3) is 39.0 Å². The van der Waals surface area contributed by atoms with E-state index in [1.807, 2.05) is 54.6 Å². The Hall–Kier alpha value is -6.21. The van der Waals surface area contributed by atoms with Crippen LogP contribution in [0.15, 0.2) is 170 Å². The highest BCUT2D eigenvalue weighted by Crippen LogP contribution is 2.49. The van der Waals surface area contributed by atoms with Crippen LogP contribution >= 0.6 is 0 Å². The van der Waals surface area contributed by atoms with Crippen LogP contribution in [0.3, 0.4) is 0 Å². The van der Waals surface area contributed by atoms with E-state index < -0.39 is 26.3 Å². The molecule has 1 heterocycles. The van der Waals surface area contributed by atoms with Gasteiger partial charge in [-0.25, -0.2) is 0 Å². The van der Waals surface area contributed by atoms with Gasteiger partial charge in [-0.3, -0.25) is 20.1 Å². The minimum absolute atomic E-state index is 0.0660. The number of hydrogen-bond donors (Lipinski definition) is 2. The van der Waals surface area contributed by atoms with Crippen LogP contribution in [0.2, 0.25) is 39.3 Å². The minimum Gasteiger partial charge on any atom is -0.321 e. The molecule has 2 N–H and O–H groups in total. The van der Waals surface area contributed by atoms with Gasteiger partial charge in [-0.15, -0.1) is 0 Å². The van der Waals surface area contributed by atoms with Crippen molar-refractivity contribution in [3.63, 3.8) is 0 Å². The van der Waals surface area contributed by atoms with Gasteiger partial charge in [0.2, 0.25) is 0 Å². The van der Waals surface area contributed by atoms with Gasteiger partial charge in [0, 0.05) is 16.6 Å². The molecule has 4 aliphatic rings. The molecule has 0 spiro atoms. The van der Waals surface area contributed by atoms with Crippen molar-refractivity contribution in [2.45, 2.75) is 58.5 Å². The molecule has 300 valence electrons. The standard InChI is InChI=1S/C51H49N7Si3/c1-51(2)40-18-13-12-17-38(40)39-26-25-35(31-41(39)51)32-21-23-34(24-22-32)37-28-30-45(50-48(37)56-61(7,8)57-50)58(43-20-14-19-42(47(43)53)54-59(3)4)44-29-27-36(33-15-10-9-11-16-33)46(52)49(44)55-60(5)6/h9-31,52-53H,1-8H3/b52-46?,53-47?,54-42-,55-49-. The second-order valence-corrected chi connectivity index (χ2v) is 25.1. The maximum atomic E-state index is 9.65. The molecule has 0 bridgehead atoms. The summed E-state index contributed by atoms with van der Waals surface area (Å²) in [6.07, 6.45) is 9.97. The summed E-state index contributed by atoms with van der Waals surface area (Å²) in [5.41, 5.74) is 15.7. The van der Waals surface area contributed by atoms with Crippen molar-refractivity contribution in [2.75, 3.05) is 4.90 Å². The molecule has 5 aromatic carbocycles. The van der Waals surface area contributed by atoms with Gasteiger partial charge in [0.15, 0.2) is 17.9 Å². The lowest BCUT2D eigenvalue weighted by Gasteiger charge is -2.34. The summed E-state index contributed by atoms with van der Waals surface area (Å²) in [6, 6.07) is 38.9. The summed E-state index contributed by atoms with van der Waals surface area (Å²) < 4.78 is 21.0. The number of rotatable bonds is 8. The Morgan fingerprint density at radius 2 is 1.23 bits per heavy atom. The lowest BCUT2D eigenvalue weighted by molar-refractivity contribution is 0.660. The molecule has 7 nitrogen and oxygen atoms in total. The van der Waals surface area contributed by atoms with Gasteiger partial charge < -0.3 is 14.2 Å². The largest absolute Gasteiger partial charge is 0.321 e. The summed E-state index contributed by atoms with van der Waals surface area (Å²) in [5, 5.41) is 20.9. The first-order valence-corrected chi connectivity index (χ1v) is 28.6. The van der Waals surface area contributed by atoms with Crippen molar-refractivity contribution in [3.05, 3.63) is 178 Å². The van der Waals surface area contributed by atoms with Gasteiger partial charge in [0.05, 0.1) is 44.9 Å². The van der Waals surface area contributed by atoms with E-state index in [2.05, 4.69) is 143 Å². The molecule has 3 aliphatic carbocycles. The van der Waals surface area contributed by atoms with Gasteiger partial charge in [-0.1, -0.05) is 143 Å². The molecule has 61 heavy (non-hydrogen) atoms. The Morgan fingerprint density at radius 1 is 0.590 bits per heavy atom. The van der Waals surface area contributed by atoms with E-state index in [1.165, 1.54) is 33.4 Å². The van der Waals surface area contributed by atoms with Crippen LogP contribution in [0.5, 0.6) is 0 Å². The van der Waals surface area contributed by atoms with Crippen LogP contribution in [-0.2, 0) is 5.41 Å². The summed E-state index contributed by atoms with van der Waals surface area (Å²) in [5.74, 6) is 0. The van der Waals surface area contributed by atoms with E-state index in [9.17, 15) is 10.8 Å². The molecule has 0 unspecified atom stereocenters. The molecule has 2 radical (unpaired) electrons. The minimum atomic E-state index is -2.45. The van der Waals surface area contributed by atoms with E-state index in [0.29, 0.717) is 28.5 Å². The number of benzene rings is 5. The topological polar surface area (TPSA) is 100 Å². The quantitative estimate of drug-likeness (QED) is 0.118. The van der Waals surface area contributed by atoms with Crippen molar-refractivity contribution in [1.29, 1.82) is 10.8 Å². The van der Waals surface area contributed by atoms with Crippen molar-refractivity contribution in [3.8, 4) is 33.4 Å². The first-order valence-electron chi connectivity index (χ1n) is 20.8. The Labute approximate surface area is 363 Å². The number of fused-ring (bicyclic) bond motifs is 4. The van der Waals surface area contributed by atoms with Crippen molar-refractivity contribution in [2.24, 2.45) is 18.6 Å². The third kappa shape index (κ3) is 7.18. The molecule has 0 atom stereocenters. The Kier molecular flexibility index (Phi) is 10.1. The van der Waals surface area contributed by atoms with Crippen LogP contribution < -0.4 is 15.6 Å². The first-order chi connectivity index (χ1) is 29.2. The summed E-state index contributed by atoms with van der Waals surface area (Å²) >= 11 is 0. The van der Waals surface area contributed by atoms with Gasteiger partial charge in [0.1, 0.15) is 5.71 Å². The van der Waals surface area contributed by atoms with Gasteiger partial charge in [-0.2, -0.15) is 0 Å². The molecule has 10 heteroatoms. The van der Waals surface area contributed by atoms with Crippen molar-refractivity contribution >= 4 is 60.4 Å². The molecule has 0 aromatic heterocycles. The zero-order chi connectivity index (χ0) is 42.8. The zero-order valence-corrected chi connectivity index (χ0v) is 39.0. The second kappa shape index (κ2) is 15.4. The fraction of sp³-hybridized carbons (Fsp3) is 0.176. The van der Waals surface area contributed by atoms with Crippen LogP contribution in [0.1, 0.15) is 30.5 Å². The SMILES string of the molecule is C[Si](C)/N=C1/C=CC=C(N(C2=CC=C(c3ccccc3)C(=N)/C2=N\[Si](C)C)c2ccc(-c3ccc(-c4ccc5c(c4)C(C)(C)c4ccccc4-5)cc3)c3c2=N[Si](C)(C)N=3)C1=N. The third-order valence-corrected chi connectivity index (χ3v) is 14.6. The molecule has 5 aromatic rings. The predicted molar refractivity (Wildman–Crippen MR) is 262 cm³/mol. The Balaban J connectivity index is 1.18. The molecular formula is C51H49N7Si3. The molecule has 0 saturated carbocycles. The maximum Gasteiger partial charge on any atom is 0.298 e. The second-order valence-electron chi connectivity index (χ2n) is 17.4. The van der Waals surface area contributed by atoms with Gasteiger partial charge >= 0.3 is 0 Å². The smallest absolute Gasteiger partial charge is 0.298 e. The van der Waals surface area contributed by atoms with Gasteiger partial charge in [0.25, 0.3) is 8.40 Å². The monoisotopic (exact) mass is 843 g/mol. The Bertz CT molecular complexity index is 3000. The van der Waals surface area contributed by atoms with E-state index in [4.69, 9.17) is 18.6 Å². The summed E-state index contributed by atoms with van der Waals surface area (Å²) in [6.45, 7) is 17.5. The van der Waals surface area contributed by atoms with Crippen LogP contribution in [0, 0.1) is 10.8 Å². The van der Waals surface area contributed by atoms with Crippen LogP contribution in [-0.4, -0.2) is 49.2 Å². The molecule has 9 rings (SSSR count). The average molecular weight is 844 g/mol. The number of nitrogens with zero attached hydrogens (tertiary/aromatic N) is 5. The van der Waals surface area contributed by atoms with Crippen molar-refractivity contribution in [1.82, 2.24) is 0 Å². The number of nitrogens with one attached hydrogen (secondary N) is 2. The first kappa shape index (κ1) is 40.2. The third-order valence-electron chi connectivity index (χ3n) is 11.7. The molecular weight excluding hydrogens is 795 g/mol. The zero-order valence-electron chi connectivity index (χ0n) is 36.0. The number of hydrogen-bond acceptors (Lipinski definition) is 7. The lowest BCUT2D eigenvalue weighted by atomic mass is 9.81. The number of anilines is 1. The van der Waals surface area contributed by atoms with Crippen LogP contribution in [0.4, 0.5) is 5.69 Å². The highest BCUT2D eigenvalue weighted by Gasteiger charge is 2.36. The predicted octanol–water partition coefficient (Wildman–Crippen LogP) is 10.9. The maximum absolute atomic E-state index is 9.65.